The van der Waals surface area contributed by atoms with Gasteiger partial charge in [0, 0.05) is 50.0 Å². The predicted molar refractivity (Wildman–Crippen MR) is 278 cm³/mol. The van der Waals surface area contributed by atoms with Crippen molar-refractivity contribution in [3.63, 3.8) is 0 Å². The van der Waals surface area contributed by atoms with Gasteiger partial charge in [-0.1, -0.05) is 183 Å². The Morgan fingerprint density at radius 1 is 0.409 bits per heavy atom. The molecule has 0 spiro atoms. The number of para-hydroxylation sites is 2. The summed E-state index contributed by atoms with van der Waals surface area (Å²) in [5, 5.41) is 9.84. The summed E-state index contributed by atoms with van der Waals surface area (Å²) in [5.74, 6) is 0.811. The van der Waals surface area contributed by atoms with Gasteiger partial charge in [-0.15, -0.1) is 0 Å². The lowest BCUT2D eigenvalue weighted by Crippen LogP contribution is -2.28. The lowest BCUT2D eigenvalue weighted by molar-refractivity contribution is 0.533. The molecule has 4 nitrogen and oxygen atoms in total. The van der Waals surface area contributed by atoms with Crippen LogP contribution < -0.4 is 0 Å². The number of hydrogen-bond donors (Lipinski definition) is 0. The van der Waals surface area contributed by atoms with Gasteiger partial charge in [-0.2, -0.15) is 0 Å². The number of rotatable bonds is 7. The maximum absolute atomic E-state index is 5.64. The highest BCUT2D eigenvalue weighted by Gasteiger charge is 2.33. The van der Waals surface area contributed by atoms with Gasteiger partial charge in [0.1, 0.15) is 0 Å². The van der Waals surface area contributed by atoms with Crippen LogP contribution in [-0.4, -0.2) is 20.7 Å². The molecule has 10 aromatic carbocycles. The van der Waals surface area contributed by atoms with Crippen molar-refractivity contribution in [1.82, 2.24) is 9.13 Å². The highest BCUT2D eigenvalue weighted by atomic mass is 15.0. The van der Waals surface area contributed by atoms with Crippen molar-refractivity contribution in [1.29, 1.82) is 0 Å². The van der Waals surface area contributed by atoms with Gasteiger partial charge in [-0.3, -0.25) is 4.99 Å². The SMILES string of the molecule is CCC1C(c2cc(-n3c4ccccc4c4cc5c6c7ccccc7ccc6n(-c6ccccc6)c5cc43)cc3ccccc23)=NC(c2ccc(-c3ccccc3)cc2)=NC1c1ccccc1. The molecule has 12 aromatic rings. The number of benzene rings is 10. The number of fused-ring (bicyclic) bond motifs is 9. The molecule has 0 fully saturated rings. The van der Waals surface area contributed by atoms with Gasteiger partial charge in [0.2, 0.25) is 0 Å². The topological polar surface area (TPSA) is 34.6 Å². The molecule has 312 valence electrons. The van der Waals surface area contributed by atoms with E-state index in [-0.39, 0.29) is 12.0 Å². The Hall–Kier alpha value is -8.34. The quantitative estimate of drug-likeness (QED) is 0.153. The van der Waals surface area contributed by atoms with E-state index >= 15 is 0 Å². The molecule has 0 N–H and O–H groups in total. The average Bonchev–Trinajstić information content (AvgIpc) is 3.90. The van der Waals surface area contributed by atoms with E-state index in [1.165, 1.54) is 76.3 Å². The molecule has 2 unspecified atom stereocenters. The zero-order valence-corrected chi connectivity index (χ0v) is 36.5. The molecule has 1 aliphatic heterocycles. The van der Waals surface area contributed by atoms with Crippen molar-refractivity contribution in [3.8, 4) is 22.5 Å². The van der Waals surface area contributed by atoms with Gasteiger partial charge in [0.25, 0.3) is 0 Å². The standard InChI is InChI=1S/C62H44N4/c1-2-48-60(43-21-8-4-9-22-43)63-62(44-32-30-41(31-33-44)40-18-6-3-7-19-40)64-61(48)53-37-47(36-45-23-13-14-26-49(45)53)66-55-29-17-16-28-51(55)52-38-54-58(39-57(52)66)65(46-24-10-5-11-25-46)56-35-34-42-20-12-15-27-50(42)59(54)56/h3-39,48,60H,2H2,1H3. The first kappa shape index (κ1) is 38.1. The summed E-state index contributed by atoms with van der Waals surface area (Å²) in [6, 6.07) is 81.5. The molecule has 3 heterocycles. The van der Waals surface area contributed by atoms with E-state index in [1.54, 1.807) is 0 Å². The minimum Gasteiger partial charge on any atom is -0.309 e. The Bertz CT molecular complexity index is 3900. The highest BCUT2D eigenvalue weighted by Crippen LogP contribution is 2.44. The van der Waals surface area contributed by atoms with E-state index in [9.17, 15) is 0 Å². The Labute approximate surface area is 383 Å². The van der Waals surface area contributed by atoms with Crippen LogP contribution >= 0.6 is 0 Å². The van der Waals surface area contributed by atoms with Gasteiger partial charge in [0.15, 0.2) is 5.84 Å². The maximum Gasteiger partial charge on any atom is 0.155 e. The van der Waals surface area contributed by atoms with Crippen LogP contribution in [0.3, 0.4) is 0 Å². The van der Waals surface area contributed by atoms with Crippen LogP contribution in [0.25, 0.3) is 87.7 Å². The van der Waals surface area contributed by atoms with Crippen LogP contribution in [0, 0.1) is 5.92 Å². The van der Waals surface area contributed by atoms with Crippen LogP contribution in [0.4, 0.5) is 0 Å². The summed E-state index contributed by atoms with van der Waals surface area (Å²) >= 11 is 0. The third kappa shape index (κ3) is 6.06. The fourth-order valence-electron chi connectivity index (χ4n) is 10.8. The zero-order chi connectivity index (χ0) is 43.7. The van der Waals surface area contributed by atoms with Crippen molar-refractivity contribution in [3.05, 3.63) is 241 Å². The number of aliphatic imine (C=N–C) groups is 2. The van der Waals surface area contributed by atoms with Crippen LogP contribution in [-0.2, 0) is 0 Å². The minimum absolute atomic E-state index is 0.0487. The molecule has 0 aliphatic carbocycles. The summed E-state index contributed by atoms with van der Waals surface area (Å²) in [5.41, 5.74) is 13.7. The first-order valence-electron chi connectivity index (χ1n) is 23.1. The molecule has 4 heteroatoms. The molecule has 0 radical (unpaired) electrons. The lowest BCUT2D eigenvalue weighted by atomic mass is 9.81. The Morgan fingerprint density at radius 2 is 1.02 bits per heavy atom. The fourth-order valence-corrected chi connectivity index (χ4v) is 10.8. The first-order chi connectivity index (χ1) is 32.7. The average molecular weight is 845 g/mol. The van der Waals surface area contributed by atoms with Crippen molar-refractivity contribution in [2.45, 2.75) is 19.4 Å². The van der Waals surface area contributed by atoms with Crippen molar-refractivity contribution in [2.24, 2.45) is 15.9 Å². The van der Waals surface area contributed by atoms with Crippen LogP contribution in [0.15, 0.2) is 234 Å². The molecule has 0 amide bonds. The van der Waals surface area contributed by atoms with Gasteiger partial charge >= 0.3 is 0 Å². The lowest BCUT2D eigenvalue weighted by Gasteiger charge is -2.30. The second-order valence-electron chi connectivity index (χ2n) is 17.6. The van der Waals surface area contributed by atoms with Gasteiger partial charge in [0.05, 0.1) is 33.8 Å². The summed E-state index contributed by atoms with van der Waals surface area (Å²) in [4.78, 5) is 11.1. The van der Waals surface area contributed by atoms with E-state index < -0.39 is 0 Å². The van der Waals surface area contributed by atoms with Crippen LogP contribution in [0.2, 0.25) is 0 Å². The number of nitrogens with zero attached hydrogens (tertiary/aromatic N) is 4. The maximum atomic E-state index is 5.64. The van der Waals surface area contributed by atoms with Crippen LogP contribution in [0.1, 0.15) is 36.1 Å². The second-order valence-corrected chi connectivity index (χ2v) is 17.6. The number of hydrogen-bond acceptors (Lipinski definition) is 2. The Morgan fingerprint density at radius 3 is 1.79 bits per heavy atom. The Kier molecular flexibility index (Phi) is 8.92. The first-order valence-corrected chi connectivity index (χ1v) is 23.1. The molecule has 13 rings (SSSR count). The summed E-state index contributed by atoms with van der Waals surface area (Å²) < 4.78 is 4.94. The van der Waals surface area contributed by atoms with E-state index in [1.807, 2.05) is 0 Å². The molecule has 2 aromatic heterocycles. The largest absolute Gasteiger partial charge is 0.309 e. The molecule has 1 aliphatic rings. The van der Waals surface area contributed by atoms with Gasteiger partial charge in [-0.25, -0.2) is 4.99 Å². The molecular weight excluding hydrogens is 801 g/mol. The van der Waals surface area contributed by atoms with E-state index in [2.05, 4.69) is 241 Å². The van der Waals surface area contributed by atoms with Gasteiger partial charge in [-0.05, 0) is 93.2 Å². The molecule has 0 bridgehead atoms. The van der Waals surface area contributed by atoms with Crippen molar-refractivity contribution in [2.75, 3.05) is 0 Å². The van der Waals surface area contributed by atoms with Crippen molar-refractivity contribution >= 4 is 76.7 Å². The monoisotopic (exact) mass is 844 g/mol. The van der Waals surface area contributed by atoms with Crippen molar-refractivity contribution < 1.29 is 0 Å². The highest BCUT2D eigenvalue weighted by molar-refractivity contribution is 6.26. The summed E-state index contributed by atoms with van der Waals surface area (Å²) in [7, 11) is 0. The zero-order valence-electron chi connectivity index (χ0n) is 36.5. The fraction of sp³-hybridized carbons (Fsp3) is 0.0645. The van der Waals surface area contributed by atoms with E-state index in [0.717, 1.165) is 46.0 Å². The normalized spacial score (nSPS) is 15.3. The number of aromatic nitrogens is 2. The summed E-state index contributed by atoms with van der Waals surface area (Å²) in [6.45, 7) is 2.28. The van der Waals surface area contributed by atoms with E-state index in [0.29, 0.717) is 0 Å². The molecular formula is C62H44N4. The minimum atomic E-state index is -0.104. The molecule has 0 saturated heterocycles. The third-order valence-electron chi connectivity index (χ3n) is 13.9. The number of amidine groups is 1. The predicted octanol–water partition coefficient (Wildman–Crippen LogP) is 15.9. The molecule has 0 saturated carbocycles. The van der Waals surface area contributed by atoms with E-state index in [4.69, 9.17) is 9.98 Å². The van der Waals surface area contributed by atoms with Crippen LogP contribution in [0.5, 0.6) is 0 Å². The third-order valence-corrected chi connectivity index (χ3v) is 13.9. The Balaban J connectivity index is 1.07. The smallest absolute Gasteiger partial charge is 0.155 e. The molecule has 66 heavy (non-hydrogen) atoms. The second kappa shape index (κ2) is 15.4. The summed E-state index contributed by atoms with van der Waals surface area (Å²) in [6.07, 6.45) is 0.882. The molecule has 2 atom stereocenters. The van der Waals surface area contributed by atoms with Gasteiger partial charge < -0.3 is 9.13 Å².